The van der Waals surface area contributed by atoms with E-state index in [4.69, 9.17) is 28.3 Å². The average molecular weight is 334 g/mol. The number of rotatable bonds is 4. The molecule has 2 aromatic carbocycles. The standard InChI is InChI=1S/C14H11Cl2NO3.Na/c15-10-2-1-3-11(16)14(10)17-12-5-4-9(18)6-8(12)7-13(19)20;/h1-6,17-18H,7H2,(H,19,20);/q;+1/p-1. The van der Waals surface area contributed by atoms with Crippen LogP contribution in [0.5, 0.6) is 5.75 Å². The van der Waals surface area contributed by atoms with E-state index in [0.29, 0.717) is 27.0 Å². The zero-order chi connectivity index (χ0) is 14.7. The van der Waals surface area contributed by atoms with E-state index in [9.17, 15) is 9.90 Å². The Hall–Kier alpha value is -0.910. The minimum Gasteiger partial charge on any atom is -0.872 e. The topological polar surface area (TPSA) is 72.4 Å². The van der Waals surface area contributed by atoms with Crippen molar-refractivity contribution in [2.24, 2.45) is 0 Å². The fourth-order valence-corrected chi connectivity index (χ4v) is 2.25. The summed E-state index contributed by atoms with van der Waals surface area (Å²) in [4.78, 5) is 10.8. The summed E-state index contributed by atoms with van der Waals surface area (Å²) >= 11 is 12.1. The van der Waals surface area contributed by atoms with E-state index in [2.05, 4.69) is 5.32 Å². The minimum absolute atomic E-state index is 0. The van der Waals surface area contributed by atoms with Crippen LogP contribution in [0.15, 0.2) is 36.4 Å². The molecule has 104 valence electrons. The van der Waals surface area contributed by atoms with Crippen LogP contribution >= 0.6 is 23.2 Å². The smallest absolute Gasteiger partial charge is 0.872 e. The van der Waals surface area contributed by atoms with Gasteiger partial charge in [-0.2, -0.15) is 0 Å². The number of para-hydroxylation sites is 1. The first-order valence-corrected chi connectivity index (χ1v) is 6.45. The summed E-state index contributed by atoms with van der Waals surface area (Å²) in [5, 5.41) is 24.0. The summed E-state index contributed by atoms with van der Waals surface area (Å²) in [7, 11) is 0. The fraction of sp³-hybridized carbons (Fsp3) is 0.0714. The number of hydrogen-bond acceptors (Lipinski definition) is 3. The fourth-order valence-electron chi connectivity index (χ4n) is 1.75. The molecule has 0 radical (unpaired) electrons. The Balaban J connectivity index is 0.00000220. The molecule has 0 spiro atoms. The SMILES string of the molecule is O=C(O)Cc1cc([O-])ccc1Nc1c(Cl)cccc1Cl.[Na+]. The summed E-state index contributed by atoms with van der Waals surface area (Å²) in [6.45, 7) is 0. The molecular weight excluding hydrogens is 324 g/mol. The molecule has 0 saturated carbocycles. The number of aliphatic carboxylic acids is 1. The maximum Gasteiger partial charge on any atom is 1.00 e. The van der Waals surface area contributed by atoms with Crippen molar-refractivity contribution in [3.63, 3.8) is 0 Å². The predicted molar refractivity (Wildman–Crippen MR) is 77.0 cm³/mol. The number of carboxylic acids is 1. The van der Waals surface area contributed by atoms with Crippen LogP contribution in [0.1, 0.15) is 5.56 Å². The third-order valence-corrected chi connectivity index (χ3v) is 3.27. The quantitative estimate of drug-likeness (QED) is 0.796. The number of carbonyl (C=O) groups is 1. The van der Waals surface area contributed by atoms with Crippen molar-refractivity contribution in [3.05, 3.63) is 52.0 Å². The molecule has 7 heteroatoms. The molecule has 0 aliphatic carbocycles. The molecule has 0 aliphatic heterocycles. The maximum atomic E-state index is 11.3. The van der Waals surface area contributed by atoms with Gasteiger partial charge in [0, 0.05) is 5.69 Å². The molecule has 0 fully saturated rings. The van der Waals surface area contributed by atoms with Crippen LogP contribution in [0.25, 0.3) is 0 Å². The van der Waals surface area contributed by atoms with E-state index in [1.54, 1.807) is 18.2 Å². The van der Waals surface area contributed by atoms with Crippen LogP contribution in [0.4, 0.5) is 11.4 Å². The molecule has 0 bridgehead atoms. The summed E-state index contributed by atoms with van der Waals surface area (Å²) in [5.41, 5.74) is 1.34. The van der Waals surface area contributed by atoms with Crippen molar-refractivity contribution in [2.75, 3.05) is 5.32 Å². The Morgan fingerprint density at radius 2 is 1.81 bits per heavy atom. The molecule has 0 heterocycles. The van der Waals surface area contributed by atoms with Crippen molar-refractivity contribution in [1.82, 2.24) is 0 Å². The van der Waals surface area contributed by atoms with Crippen LogP contribution in [0, 0.1) is 0 Å². The molecule has 4 nitrogen and oxygen atoms in total. The number of halogens is 2. The minimum atomic E-state index is -1.02. The molecule has 0 aromatic heterocycles. The van der Waals surface area contributed by atoms with Crippen LogP contribution in [-0.4, -0.2) is 11.1 Å². The van der Waals surface area contributed by atoms with Crippen molar-refractivity contribution >= 4 is 40.5 Å². The van der Waals surface area contributed by atoms with E-state index >= 15 is 0 Å². The summed E-state index contributed by atoms with van der Waals surface area (Å²) in [6.07, 6.45) is -0.263. The molecule has 2 rings (SSSR count). The Morgan fingerprint density at radius 3 is 2.38 bits per heavy atom. The second kappa shape index (κ2) is 7.92. The molecule has 21 heavy (non-hydrogen) atoms. The Morgan fingerprint density at radius 1 is 1.19 bits per heavy atom. The van der Waals surface area contributed by atoms with Gasteiger partial charge in [0.05, 0.1) is 22.2 Å². The monoisotopic (exact) mass is 333 g/mol. The normalized spacial score (nSPS) is 9.81. The molecule has 0 aliphatic rings. The summed E-state index contributed by atoms with van der Waals surface area (Å²) < 4.78 is 0. The molecule has 2 N–H and O–H groups in total. The molecular formula is C14H10Cl2NNaO3. The zero-order valence-corrected chi connectivity index (χ0v) is 14.7. The van der Waals surface area contributed by atoms with Crippen LogP contribution in [-0.2, 0) is 11.2 Å². The first-order valence-electron chi connectivity index (χ1n) is 5.70. The van der Waals surface area contributed by atoms with Gasteiger partial charge in [-0.15, -0.1) is 5.75 Å². The molecule has 0 atom stereocenters. The number of hydrogen-bond donors (Lipinski definition) is 2. The van der Waals surface area contributed by atoms with E-state index in [1.165, 1.54) is 18.2 Å². The van der Waals surface area contributed by atoms with Crippen molar-refractivity contribution in [2.45, 2.75) is 6.42 Å². The van der Waals surface area contributed by atoms with Gasteiger partial charge in [-0.05, 0) is 23.8 Å². The first kappa shape index (κ1) is 18.1. The van der Waals surface area contributed by atoms with Crippen molar-refractivity contribution in [1.29, 1.82) is 0 Å². The van der Waals surface area contributed by atoms with Gasteiger partial charge in [-0.1, -0.05) is 41.4 Å². The van der Waals surface area contributed by atoms with E-state index in [1.807, 2.05) is 0 Å². The number of nitrogens with one attached hydrogen (secondary N) is 1. The van der Waals surface area contributed by atoms with Gasteiger partial charge in [0.15, 0.2) is 0 Å². The zero-order valence-electron chi connectivity index (χ0n) is 11.2. The van der Waals surface area contributed by atoms with Gasteiger partial charge >= 0.3 is 35.5 Å². The molecule has 0 amide bonds. The largest absolute Gasteiger partial charge is 1.00 e. The van der Waals surface area contributed by atoms with E-state index in [0.717, 1.165) is 0 Å². The second-order valence-corrected chi connectivity index (χ2v) is 4.93. The maximum absolute atomic E-state index is 11.3. The van der Waals surface area contributed by atoms with E-state index < -0.39 is 5.97 Å². The summed E-state index contributed by atoms with van der Waals surface area (Å²) in [5.74, 6) is -1.28. The van der Waals surface area contributed by atoms with Gasteiger partial charge in [-0.25, -0.2) is 0 Å². The van der Waals surface area contributed by atoms with Crippen molar-refractivity contribution < 1.29 is 44.6 Å². The summed E-state index contributed by atoms with van der Waals surface area (Å²) in [6, 6.07) is 9.16. The Labute approximate surface area is 154 Å². The van der Waals surface area contributed by atoms with Crippen LogP contribution in [0.2, 0.25) is 10.0 Å². The van der Waals surface area contributed by atoms with Gasteiger partial charge in [0.2, 0.25) is 0 Å². The molecule has 0 unspecified atom stereocenters. The van der Waals surface area contributed by atoms with Crippen molar-refractivity contribution in [3.8, 4) is 5.75 Å². The number of carboxylic acid groups (broad SMARTS) is 1. The third-order valence-electron chi connectivity index (χ3n) is 2.64. The van der Waals surface area contributed by atoms with Gasteiger partial charge in [0.25, 0.3) is 0 Å². The van der Waals surface area contributed by atoms with Gasteiger partial charge in [-0.3, -0.25) is 4.79 Å². The first-order chi connectivity index (χ1) is 9.47. The van der Waals surface area contributed by atoms with Gasteiger partial charge < -0.3 is 15.5 Å². The third kappa shape index (κ3) is 4.80. The van der Waals surface area contributed by atoms with Gasteiger partial charge in [0.1, 0.15) is 0 Å². The second-order valence-electron chi connectivity index (χ2n) is 4.11. The van der Waals surface area contributed by atoms with E-state index in [-0.39, 0.29) is 41.7 Å². The molecule has 0 saturated heterocycles. The Kier molecular flexibility index (Phi) is 6.84. The number of anilines is 2. The predicted octanol–water partition coefficient (Wildman–Crippen LogP) is 0.442. The van der Waals surface area contributed by atoms with Crippen LogP contribution < -0.4 is 40.0 Å². The number of benzene rings is 2. The average Bonchev–Trinajstić information content (AvgIpc) is 2.35. The van der Waals surface area contributed by atoms with Crippen LogP contribution in [0.3, 0.4) is 0 Å². The molecule has 2 aromatic rings. The Bertz CT molecular complexity index is 644.